The average Bonchev–Trinajstić information content (AvgIpc) is 2.48. The fraction of sp³-hybridized carbons (Fsp3) is 0.143. The van der Waals surface area contributed by atoms with Crippen molar-refractivity contribution in [1.82, 2.24) is 4.98 Å². The second-order valence-corrected chi connectivity index (χ2v) is 4.34. The Bertz CT molecular complexity index is 656. The zero-order valence-corrected chi connectivity index (χ0v) is 11.0. The number of nitrogens with zero attached hydrogens (tertiary/aromatic N) is 2. The minimum absolute atomic E-state index is 0.199. The fourth-order valence-corrected chi connectivity index (χ4v) is 1.81. The maximum absolute atomic E-state index is 10.9. The Balaban J connectivity index is 1.90. The molecule has 0 bridgehead atoms. The summed E-state index contributed by atoms with van der Waals surface area (Å²) in [6, 6.07) is 9.62. The summed E-state index contributed by atoms with van der Waals surface area (Å²) in [5.74, 6) is -1.15. The van der Waals surface area contributed by atoms with Gasteiger partial charge in [-0.3, -0.25) is 0 Å². The zero-order chi connectivity index (χ0) is 15.2. The monoisotopic (exact) mass is 287 g/mol. The van der Waals surface area contributed by atoms with E-state index in [1.807, 2.05) is 6.07 Å². The Hall–Kier alpha value is -2.96. The number of rotatable bonds is 6. The standard InChI is InChI=1S/C14H13N3O4/c18-14(19)11-3-1-2-10(8-11)6-7-15-12-4-5-13(16-9-12)17(20)21/h1-5,8-9,15H,6-7H2,(H,18,19). The number of aromatic carboxylic acids is 1. The molecule has 0 saturated heterocycles. The van der Waals surface area contributed by atoms with Crippen LogP contribution in [0.15, 0.2) is 42.6 Å². The smallest absolute Gasteiger partial charge is 0.363 e. The molecule has 2 aromatic rings. The minimum Gasteiger partial charge on any atom is -0.478 e. The highest BCUT2D eigenvalue weighted by molar-refractivity contribution is 5.87. The summed E-state index contributed by atoms with van der Waals surface area (Å²) in [6.45, 7) is 0.572. The highest BCUT2D eigenvalue weighted by Gasteiger charge is 2.06. The van der Waals surface area contributed by atoms with Gasteiger partial charge in [0.05, 0.1) is 11.3 Å². The highest BCUT2D eigenvalue weighted by atomic mass is 16.6. The van der Waals surface area contributed by atoms with Crippen molar-refractivity contribution in [3.05, 3.63) is 63.8 Å². The molecular formula is C14H13N3O4. The van der Waals surface area contributed by atoms with Crippen LogP contribution in [-0.4, -0.2) is 27.5 Å². The van der Waals surface area contributed by atoms with Gasteiger partial charge in [-0.1, -0.05) is 12.1 Å². The molecule has 0 aliphatic heterocycles. The van der Waals surface area contributed by atoms with Gasteiger partial charge in [-0.2, -0.15) is 0 Å². The van der Waals surface area contributed by atoms with Crippen LogP contribution in [0, 0.1) is 10.1 Å². The molecule has 2 rings (SSSR count). The van der Waals surface area contributed by atoms with Gasteiger partial charge in [-0.25, -0.2) is 4.79 Å². The van der Waals surface area contributed by atoms with Crippen molar-refractivity contribution in [2.24, 2.45) is 0 Å². The second-order valence-electron chi connectivity index (χ2n) is 4.34. The van der Waals surface area contributed by atoms with E-state index in [1.165, 1.54) is 12.3 Å². The SMILES string of the molecule is O=C(O)c1cccc(CCNc2ccc([N+](=O)[O-])nc2)c1. The van der Waals surface area contributed by atoms with Gasteiger partial charge in [0.2, 0.25) is 0 Å². The molecule has 108 valence electrons. The normalized spacial score (nSPS) is 10.1. The van der Waals surface area contributed by atoms with Gasteiger partial charge in [0, 0.05) is 12.6 Å². The summed E-state index contributed by atoms with van der Waals surface area (Å²) in [5, 5.41) is 22.5. The van der Waals surface area contributed by atoms with Gasteiger partial charge in [-0.05, 0) is 40.1 Å². The number of nitrogens with one attached hydrogen (secondary N) is 1. The molecule has 0 spiro atoms. The molecule has 7 nitrogen and oxygen atoms in total. The molecule has 0 unspecified atom stereocenters. The van der Waals surface area contributed by atoms with E-state index < -0.39 is 10.9 Å². The van der Waals surface area contributed by atoms with Gasteiger partial charge in [0.25, 0.3) is 0 Å². The predicted molar refractivity (Wildman–Crippen MR) is 76.5 cm³/mol. The van der Waals surface area contributed by atoms with Crippen LogP contribution in [0.2, 0.25) is 0 Å². The lowest BCUT2D eigenvalue weighted by atomic mass is 10.1. The summed E-state index contributed by atoms with van der Waals surface area (Å²) >= 11 is 0. The Kier molecular flexibility index (Phi) is 4.45. The van der Waals surface area contributed by atoms with Gasteiger partial charge >= 0.3 is 11.8 Å². The van der Waals surface area contributed by atoms with Crippen molar-refractivity contribution in [3.8, 4) is 0 Å². The Morgan fingerprint density at radius 1 is 1.33 bits per heavy atom. The molecule has 0 radical (unpaired) electrons. The predicted octanol–water partition coefficient (Wildman–Crippen LogP) is 2.34. The molecule has 1 heterocycles. The number of carbonyl (C=O) groups is 1. The van der Waals surface area contributed by atoms with E-state index in [0.29, 0.717) is 18.7 Å². The Morgan fingerprint density at radius 3 is 2.76 bits per heavy atom. The van der Waals surface area contributed by atoms with Crippen molar-refractivity contribution in [2.75, 3.05) is 11.9 Å². The van der Waals surface area contributed by atoms with Crippen LogP contribution in [0.5, 0.6) is 0 Å². The van der Waals surface area contributed by atoms with E-state index in [1.54, 1.807) is 24.3 Å². The third kappa shape index (κ3) is 4.00. The third-order valence-electron chi connectivity index (χ3n) is 2.85. The van der Waals surface area contributed by atoms with Gasteiger partial charge < -0.3 is 20.5 Å². The van der Waals surface area contributed by atoms with Crippen LogP contribution >= 0.6 is 0 Å². The van der Waals surface area contributed by atoms with Gasteiger partial charge in [0.1, 0.15) is 0 Å². The summed E-state index contributed by atoms with van der Waals surface area (Å²) in [5.41, 5.74) is 1.83. The molecule has 2 N–H and O–H groups in total. The first-order valence-electron chi connectivity index (χ1n) is 6.23. The molecule has 0 amide bonds. The molecular weight excluding hydrogens is 274 g/mol. The number of carboxylic acids is 1. The van der Waals surface area contributed by atoms with Crippen LogP contribution in [-0.2, 0) is 6.42 Å². The van der Waals surface area contributed by atoms with Crippen molar-refractivity contribution >= 4 is 17.5 Å². The maximum Gasteiger partial charge on any atom is 0.363 e. The Morgan fingerprint density at radius 2 is 2.14 bits per heavy atom. The van der Waals surface area contributed by atoms with Crippen molar-refractivity contribution in [2.45, 2.75) is 6.42 Å². The molecule has 0 fully saturated rings. The first-order chi connectivity index (χ1) is 10.1. The first-order valence-corrected chi connectivity index (χ1v) is 6.23. The summed E-state index contributed by atoms with van der Waals surface area (Å²) < 4.78 is 0. The van der Waals surface area contributed by atoms with Crippen molar-refractivity contribution in [1.29, 1.82) is 0 Å². The lowest BCUT2D eigenvalue weighted by molar-refractivity contribution is -0.389. The molecule has 0 saturated carbocycles. The summed E-state index contributed by atoms with van der Waals surface area (Å²) in [4.78, 5) is 24.5. The van der Waals surface area contributed by atoms with Gasteiger partial charge in [-0.15, -0.1) is 0 Å². The van der Waals surface area contributed by atoms with Crippen LogP contribution in [0.4, 0.5) is 11.5 Å². The zero-order valence-electron chi connectivity index (χ0n) is 11.0. The van der Waals surface area contributed by atoms with Crippen LogP contribution < -0.4 is 5.32 Å². The van der Waals surface area contributed by atoms with E-state index in [2.05, 4.69) is 10.3 Å². The number of hydrogen-bond acceptors (Lipinski definition) is 5. The Labute approximate surface area is 120 Å². The lowest BCUT2D eigenvalue weighted by Crippen LogP contribution is -2.06. The van der Waals surface area contributed by atoms with Crippen LogP contribution in [0.1, 0.15) is 15.9 Å². The van der Waals surface area contributed by atoms with Gasteiger partial charge in [0.15, 0.2) is 6.20 Å². The van der Waals surface area contributed by atoms with Crippen LogP contribution in [0.25, 0.3) is 0 Å². The molecule has 21 heavy (non-hydrogen) atoms. The summed E-state index contributed by atoms with van der Waals surface area (Å²) in [7, 11) is 0. The topological polar surface area (TPSA) is 105 Å². The molecule has 0 aliphatic carbocycles. The summed E-state index contributed by atoms with van der Waals surface area (Å²) in [6.07, 6.45) is 2.03. The number of benzene rings is 1. The average molecular weight is 287 g/mol. The van der Waals surface area contributed by atoms with E-state index in [0.717, 1.165) is 5.56 Å². The van der Waals surface area contributed by atoms with E-state index >= 15 is 0 Å². The number of anilines is 1. The highest BCUT2D eigenvalue weighted by Crippen LogP contribution is 2.12. The molecule has 0 aliphatic rings. The van der Waals surface area contributed by atoms with Crippen molar-refractivity contribution in [3.63, 3.8) is 0 Å². The maximum atomic E-state index is 10.9. The molecule has 0 atom stereocenters. The molecule has 1 aromatic heterocycles. The number of pyridine rings is 1. The number of aromatic nitrogens is 1. The third-order valence-corrected chi connectivity index (χ3v) is 2.85. The van der Waals surface area contributed by atoms with E-state index in [-0.39, 0.29) is 11.4 Å². The first kappa shape index (κ1) is 14.4. The molecule has 7 heteroatoms. The minimum atomic E-state index is -0.954. The van der Waals surface area contributed by atoms with E-state index in [9.17, 15) is 14.9 Å². The fourth-order valence-electron chi connectivity index (χ4n) is 1.81. The largest absolute Gasteiger partial charge is 0.478 e. The lowest BCUT2D eigenvalue weighted by Gasteiger charge is -2.05. The van der Waals surface area contributed by atoms with E-state index in [4.69, 9.17) is 5.11 Å². The quantitative estimate of drug-likeness (QED) is 0.624. The number of nitro groups is 1. The molecule has 1 aromatic carbocycles. The van der Waals surface area contributed by atoms with Crippen molar-refractivity contribution < 1.29 is 14.8 Å². The second kappa shape index (κ2) is 6.47. The number of hydrogen-bond donors (Lipinski definition) is 2. The number of carboxylic acid groups (broad SMARTS) is 1. The van der Waals surface area contributed by atoms with Crippen LogP contribution in [0.3, 0.4) is 0 Å².